The van der Waals surface area contributed by atoms with Crippen LogP contribution in [0.15, 0.2) is 54.6 Å². The van der Waals surface area contributed by atoms with Crippen molar-refractivity contribution in [3.05, 3.63) is 66.0 Å². The Hall–Kier alpha value is -1.91. The van der Waals surface area contributed by atoms with Gasteiger partial charge in [0.1, 0.15) is 5.82 Å². The highest BCUT2D eigenvalue weighted by Gasteiger charge is 2.39. The van der Waals surface area contributed by atoms with Crippen LogP contribution >= 0.6 is 0 Å². The van der Waals surface area contributed by atoms with E-state index in [-0.39, 0.29) is 11.4 Å². The lowest BCUT2D eigenvalue weighted by Crippen LogP contribution is -2.48. The maximum Gasteiger partial charge on any atom is 0.123 e. The van der Waals surface area contributed by atoms with Gasteiger partial charge in [0.05, 0.1) is 5.60 Å². The zero-order valence-electron chi connectivity index (χ0n) is 15.4. The van der Waals surface area contributed by atoms with Gasteiger partial charge in [-0.05, 0) is 49.1 Å². The molecule has 0 aliphatic carbocycles. The maximum absolute atomic E-state index is 13.1. The zero-order chi connectivity index (χ0) is 18.0. The number of nitrogens with zero attached hydrogens (tertiary/aromatic N) is 2. The van der Waals surface area contributed by atoms with E-state index in [2.05, 4.69) is 40.1 Å². The van der Waals surface area contributed by atoms with E-state index in [4.69, 9.17) is 4.74 Å². The van der Waals surface area contributed by atoms with Crippen molar-refractivity contribution in [3.63, 3.8) is 0 Å². The van der Waals surface area contributed by atoms with Crippen LogP contribution in [-0.4, -0.2) is 44.2 Å². The van der Waals surface area contributed by atoms with E-state index < -0.39 is 0 Å². The molecule has 1 atom stereocenters. The molecule has 0 amide bonds. The van der Waals surface area contributed by atoms with Gasteiger partial charge in [0.15, 0.2) is 0 Å². The third-order valence-electron chi connectivity index (χ3n) is 6.17. The molecule has 1 unspecified atom stereocenters. The minimum absolute atomic E-state index is 0.146. The Bertz CT molecular complexity index is 711. The monoisotopic (exact) mass is 354 g/mol. The van der Waals surface area contributed by atoms with Gasteiger partial charge in [-0.1, -0.05) is 30.3 Å². The van der Waals surface area contributed by atoms with Crippen LogP contribution < -0.4 is 4.90 Å². The highest BCUT2D eigenvalue weighted by atomic mass is 19.1. The molecule has 0 saturated carbocycles. The van der Waals surface area contributed by atoms with Gasteiger partial charge in [0.2, 0.25) is 0 Å². The molecule has 2 heterocycles. The number of benzene rings is 2. The zero-order valence-corrected chi connectivity index (χ0v) is 15.4. The molecule has 26 heavy (non-hydrogen) atoms. The summed E-state index contributed by atoms with van der Waals surface area (Å²) in [5.74, 6) is -0.169. The van der Waals surface area contributed by atoms with Gasteiger partial charge in [-0.25, -0.2) is 4.39 Å². The molecule has 0 aromatic heterocycles. The van der Waals surface area contributed by atoms with E-state index in [1.807, 2.05) is 19.2 Å². The largest absolute Gasteiger partial charge is 0.373 e. The molecule has 2 saturated heterocycles. The van der Waals surface area contributed by atoms with Gasteiger partial charge in [-0.15, -0.1) is 0 Å². The van der Waals surface area contributed by atoms with E-state index >= 15 is 0 Å². The van der Waals surface area contributed by atoms with Gasteiger partial charge >= 0.3 is 0 Å². The molecule has 2 fully saturated rings. The van der Waals surface area contributed by atoms with Crippen molar-refractivity contribution in [2.45, 2.75) is 30.9 Å². The Morgan fingerprint density at radius 2 is 1.65 bits per heavy atom. The Balaban J connectivity index is 1.38. The molecule has 2 aromatic rings. The van der Waals surface area contributed by atoms with Crippen LogP contribution in [0.5, 0.6) is 0 Å². The average molecular weight is 354 g/mol. The number of halogens is 1. The van der Waals surface area contributed by atoms with Crippen molar-refractivity contribution in [3.8, 4) is 0 Å². The fourth-order valence-corrected chi connectivity index (χ4v) is 4.53. The quantitative estimate of drug-likeness (QED) is 0.824. The predicted octanol–water partition coefficient (Wildman–Crippen LogP) is 4.04. The van der Waals surface area contributed by atoms with Crippen LogP contribution in [0, 0.1) is 5.82 Å². The smallest absolute Gasteiger partial charge is 0.123 e. The van der Waals surface area contributed by atoms with Crippen molar-refractivity contribution in [2.75, 3.05) is 38.2 Å². The van der Waals surface area contributed by atoms with Gasteiger partial charge in [-0.2, -0.15) is 0 Å². The van der Waals surface area contributed by atoms with Crippen LogP contribution in [0.25, 0.3) is 0 Å². The van der Waals surface area contributed by atoms with Crippen molar-refractivity contribution in [1.82, 2.24) is 4.90 Å². The van der Waals surface area contributed by atoms with Crippen molar-refractivity contribution in [1.29, 1.82) is 0 Å². The summed E-state index contributed by atoms with van der Waals surface area (Å²) in [7, 11) is 1.84. The molecule has 4 rings (SSSR count). The predicted molar refractivity (Wildman–Crippen MR) is 103 cm³/mol. The molecule has 4 heteroatoms. The van der Waals surface area contributed by atoms with Crippen molar-refractivity contribution < 1.29 is 9.13 Å². The van der Waals surface area contributed by atoms with Crippen LogP contribution in [0.4, 0.5) is 10.1 Å². The molecule has 0 bridgehead atoms. The number of piperidine rings is 1. The summed E-state index contributed by atoms with van der Waals surface area (Å²) in [4.78, 5) is 4.99. The Kier molecular flexibility index (Phi) is 4.96. The molecule has 2 aliphatic rings. The summed E-state index contributed by atoms with van der Waals surface area (Å²) in [6.07, 6.45) is 3.23. The summed E-state index contributed by atoms with van der Waals surface area (Å²) in [5.41, 5.74) is 2.27. The molecule has 2 aromatic carbocycles. The topological polar surface area (TPSA) is 15.7 Å². The van der Waals surface area contributed by atoms with Crippen LogP contribution in [0.1, 0.15) is 24.8 Å². The second-order valence-electron chi connectivity index (χ2n) is 7.47. The number of ether oxygens (including phenoxy) is 1. The third-order valence-corrected chi connectivity index (χ3v) is 6.17. The highest BCUT2D eigenvalue weighted by molar-refractivity contribution is 5.47. The van der Waals surface area contributed by atoms with Crippen LogP contribution in [-0.2, 0) is 10.3 Å². The van der Waals surface area contributed by atoms with Crippen LogP contribution in [0.2, 0.25) is 0 Å². The highest BCUT2D eigenvalue weighted by Crippen LogP contribution is 2.37. The second-order valence-corrected chi connectivity index (χ2v) is 7.47. The summed E-state index contributed by atoms with van der Waals surface area (Å²) in [6, 6.07) is 18.1. The van der Waals surface area contributed by atoms with Gasteiger partial charge < -0.3 is 9.64 Å². The first kappa shape index (κ1) is 17.5. The Morgan fingerprint density at radius 3 is 2.31 bits per heavy atom. The number of likely N-dealkylation sites (tertiary alicyclic amines) is 1. The van der Waals surface area contributed by atoms with E-state index in [0.717, 1.165) is 44.7 Å². The fraction of sp³-hybridized carbons (Fsp3) is 0.455. The van der Waals surface area contributed by atoms with Crippen LogP contribution in [0.3, 0.4) is 0 Å². The third kappa shape index (κ3) is 3.36. The molecule has 3 nitrogen and oxygen atoms in total. The standard InChI is InChI=1S/C22H27FN2O/c1-26-22(18-5-3-2-4-6-18)12-15-24(16-13-22)21-11-14-25(17-21)20-9-7-19(23)8-10-20/h2-10,21H,11-17H2,1H3. The first-order valence-corrected chi connectivity index (χ1v) is 9.55. The lowest BCUT2D eigenvalue weighted by Gasteiger charge is -2.43. The number of rotatable bonds is 4. The van der Waals surface area contributed by atoms with E-state index in [0.29, 0.717) is 6.04 Å². The number of anilines is 1. The minimum Gasteiger partial charge on any atom is -0.373 e. The lowest BCUT2D eigenvalue weighted by molar-refractivity contribution is -0.0678. The average Bonchev–Trinajstić information content (AvgIpc) is 3.19. The number of methoxy groups -OCH3 is 1. The van der Waals surface area contributed by atoms with Crippen molar-refractivity contribution >= 4 is 5.69 Å². The molecule has 0 N–H and O–H groups in total. The molecular formula is C22H27FN2O. The lowest BCUT2D eigenvalue weighted by atomic mass is 9.83. The summed E-state index contributed by atoms with van der Waals surface area (Å²) >= 11 is 0. The second kappa shape index (κ2) is 7.37. The fourth-order valence-electron chi connectivity index (χ4n) is 4.53. The SMILES string of the molecule is COC1(c2ccccc2)CCN(C2CCN(c3ccc(F)cc3)C2)CC1. The van der Waals surface area contributed by atoms with Gasteiger partial charge in [0.25, 0.3) is 0 Å². The van der Waals surface area contributed by atoms with E-state index in [1.54, 1.807) is 12.1 Å². The van der Waals surface area contributed by atoms with E-state index in [9.17, 15) is 4.39 Å². The summed E-state index contributed by atoms with van der Waals surface area (Å²) < 4.78 is 19.2. The maximum atomic E-state index is 13.1. The first-order valence-electron chi connectivity index (χ1n) is 9.55. The summed E-state index contributed by atoms with van der Waals surface area (Å²) in [5, 5.41) is 0. The molecule has 138 valence electrons. The molecular weight excluding hydrogens is 327 g/mol. The number of hydrogen-bond acceptors (Lipinski definition) is 3. The van der Waals surface area contributed by atoms with E-state index in [1.165, 1.54) is 12.0 Å². The normalized spacial score (nSPS) is 23.3. The van der Waals surface area contributed by atoms with Crippen molar-refractivity contribution in [2.24, 2.45) is 0 Å². The molecule has 0 spiro atoms. The number of hydrogen-bond donors (Lipinski definition) is 0. The molecule has 0 radical (unpaired) electrons. The Morgan fingerprint density at radius 1 is 0.962 bits per heavy atom. The molecule has 2 aliphatic heterocycles. The van der Waals surface area contributed by atoms with Gasteiger partial charge in [0, 0.05) is 45.0 Å². The minimum atomic E-state index is -0.169. The van der Waals surface area contributed by atoms with Gasteiger partial charge in [-0.3, -0.25) is 4.90 Å². The first-order chi connectivity index (χ1) is 12.7. The summed E-state index contributed by atoms with van der Waals surface area (Å²) in [6.45, 7) is 4.19. The Labute approximate surface area is 155 Å².